The van der Waals surface area contributed by atoms with E-state index in [0.717, 1.165) is 23.2 Å². The van der Waals surface area contributed by atoms with Gasteiger partial charge >= 0.3 is 0 Å². The Kier molecular flexibility index (Phi) is 5.15. The fraction of sp³-hybridized carbons (Fsp3) is 0.160. The number of hydrogen-bond acceptors (Lipinski definition) is 3. The normalized spacial score (nSPS) is 13.7. The second-order valence-electron chi connectivity index (χ2n) is 7.83. The third kappa shape index (κ3) is 3.52. The third-order valence-electron chi connectivity index (χ3n) is 5.70. The van der Waals surface area contributed by atoms with Crippen molar-refractivity contribution in [3.8, 4) is 11.3 Å². The molecule has 1 saturated heterocycles. The molecule has 2 amide bonds. The summed E-state index contributed by atoms with van der Waals surface area (Å²) in [5, 5.41) is 3.49. The van der Waals surface area contributed by atoms with E-state index in [1.165, 1.54) is 0 Å². The number of aryl methyl sites for hydroxylation is 1. The van der Waals surface area contributed by atoms with Gasteiger partial charge in [-0.25, -0.2) is 4.98 Å². The molecule has 0 atom stereocenters. The maximum atomic E-state index is 13.3. The Hall–Kier alpha value is -3.64. The van der Waals surface area contributed by atoms with Crippen LogP contribution in [0.2, 0.25) is 5.02 Å². The number of anilines is 2. The summed E-state index contributed by atoms with van der Waals surface area (Å²) in [6, 6.07) is 18.7. The highest BCUT2D eigenvalue weighted by Crippen LogP contribution is 2.32. The van der Waals surface area contributed by atoms with Crippen LogP contribution in [0.5, 0.6) is 0 Å². The number of carbonyl (C=O) groups excluding carboxylic acids is 2. The van der Waals surface area contributed by atoms with Gasteiger partial charge in [-0.15, -0.1) is 0 Å². The molecular weight excluding hydrogens is 424 g/mol. The first-order valence-electron chi connectivity index (χ1n) is 10.5. The smallest absolute Gasteiger partial charge is 0.256 e. The number of imidazole rings is 1. The van der Waals surface area contributed by atoms with Crippen LogP contribution in [0, 0.1) is 6.92 Å². The molecule has 32 heavy (non-hydrogen) atoms. The summed E-state index contributed by atoms with van der Waals surface area (Å²) >= 11 is 6.35. The van der Waals surface area contributed by atoms with Crippen molar-refractivity contribution in [1.82, 2.24) is 9.38 Å². The number of nitrogens with zero attached hydrogens (tertiary/aromatic N) is 3. The van der Waals surface area contributed by atoms with E-state index in [-0.39, 0.29) is 11.8 Å². The molecule has 0 unspecified atom stereocenters. The predicted molar refractivity (Wildman–Crippen MR) is 126 cm³/mol. The number of hydrogen-bond donors (Lipinski definition) is 1. The molecule has 0 aliphatic carbocycles. The van der Waals surface area contributed by atoms with Gasteiger partial charge in [-0.2, -0.15) is 0 Å². The fourth-order valence-corrected chi connectivity index (χ4v) is 4.28. The lowest BCUT2D eigenvalue weighted by molar-refractivity contribution is -0.117. The van der Waals surface area contributed by atoms with Crippen LogP contribution in [0.25, 0.3) is 16.9 Å². The molecule has 1 fully saturated rings. The molecule has 1 aliphatic heterocycles. The van der Waals surface area contributed by atoms with Crippen LogP contribution in [-0.4, -0.2) is 27.7 Å². The number of carbonyl (C=O) groups is 2. The Bertz CT molecular complexity index is 1350. The second-order valence-corrected chi connectivity index (χ2v) is 8.24. The molecule has 1 aliphatic rings. The number of pyridine rings is 1. The lowest BCUT2D eigenvalue weighted by atomic mass is 10.1. The molecule has 6 nitrogen and oxygen atoms in total. The van der Waals surface area contributed by atoms with E-state index in [2.05, 4.69) is 5.32 Å². The molecule has 5 rings (SSSR count). The van der Waals surface area contributed by atoms with E-state index in [0.29, 0.717) is 40.8 Å². The maximum Gasteiger partial charge on any atom is 0.256 e. The van der Waals surface area contributed by atoms with Crippen molar-refractivity contribution in [2.75, 3.05) is 16.8 Å². The summed E-state index contributed by atoms with van der Waals surface area (Å²) in [5.41, 5.74) is 4.37. The lowest BCUT2D eigenvalue weighted by Gasteiger charge is -2.18. The number of nitrogens with one attached hydrogen (secondary N) is 1. The van der Waals surface area contributed by atoms with Crippen LogP contribution >= 0.6 is 11.6 Å². The first-order chi connectivity index (χ1) is 15.5. The molecule has 2 aromatic heterocycles. The van der Waals surface area contributed by atoms with Gasteiger partial charge in [-0.05, 0) is 43.2 Å². The fourth-order valence-electron chi connectivity index (χ4n) is 4.06. The van der Waals surface area contributed by atoms with E-state index < -0.39 is 0 Å². The standard InChI is InChI=1S/C25H21ClN4O2/c1-16-7-5-14-30-23(16)27-22(17-8-3-2-4-9-17)24(30)28-25(32)18-11-12-19(26)20(15-18)29-13-6-10-21(29)31/h2-5,7-9,11-12,14-15H,6,10,13H2,1H3,(H,28,32). The Balaban J connectivity index is 1.56. The van der Waals surface area contributed by atoms with Crippen molar-refractivity contribution in [3.05, 3.63) is 83.0 Å². The van der Waals surface area contributed by atoms with Crippen molar-refractivity contribution in [1.29, 1.82) is 0 Å². The lowest BCUT2D eigenvalue weighted by Crippen LogP contribution is -2.24. The Morgan fingerprint density at radius 3 is 2.66 bits per heavy atom. The molecule has 0 saturated carbocycles. The van der Waals surface area contributed by atoms with Gasteiger partial charge in [0, 0.05) is 30.3 Å². The monoisotopic (exact) mass is 444 g/mol. The zero-order valence-corrected chi connectivity index (χ0v) is 18.3. The number of aromatic nitrogens is 2. The Morgan fingerprint density at radius 1 is 1.09 bits per heavy atom. The average Bonchev–Trinajstić information content (AvgIpc) is 3.39. The van der Waals surface area contributed by atoms with Crippen LogP contribution in [0.4, 0.5) is 11.5 Å². The first kappa shape index (κ1) is 20.3. The average molecular weight is 445 g/mol. The van der Waals surface area contributed by atoms with Crippen LogP contribution in [0.1, 0.15) is 28.8 Å². The topological polar surface area (TPSA) is 66.7 Å². The number of benzene rings is 2. The molecule has 160 valence electrons. The molecule has 0 bridgehead atoms. The molecule has 4 aromatic rings. The maximum absolute atomic E-state index is 13.3. The largest absolute Gasteiger partial charge is 0.311 e. The Labute approximate surface area is 190 Å². The summed E-state index contributed by atoms with van der Waals surface area (Å²) in [6.07, 6.45) is 3.16. The highest BCUT2D eigenvalue weighted by molar-refractivity contribution is 6.34. The minimum Gasteiger partial charge on any atom is -0.311 e. The SMILES string of the molecule is Cc1cccn2c(NC(=O)c3ccc(Cl)c(N4CCCC4=O)c3)c(-c3ccccc3)nc12. The summed E-state index contributed by atoms with van der Waals surface area (Å²) in [6.45, 7) is 2.59. The minimum absolute atomic E-state index is 0.0214. The van der Waals surface area contributed by atoms with Crippen molar-refractivity contribution in [2.24, 2.45) is 0 Å². The van der Waals surface area contributed by atoms with Crippen LogP contribution in [0.15, 0.2) is 66.9 Å². The van der Waals surface area contributed by atoms with E-state index in [9.17, 15) is 9.59 Å². The van der Waals surface area contributed by atoms with Gasteiger partial charge in [0.25, 0.3) is 5.91 Å². The first-order valence-corrected chi connectivity index (χ1v) is 10.8. The van der Waals surface area contributed by atoms with Gasteiger partial charge in [0.15, 0.2) is 0 Å². The van der Waals surface area contributed by atoms with Gasteiger partial charge in [-0.1, -0.05) is 48.0 Å². The van der Waals surface area contributed by atoms with Crippen LogP contribution in [0.3, 0.4) is 0 Å². The number of amides is 2. The van der Waals surface area contributed by atoms with Crippen molar-refractivity contribution in [2.45, 2.75) is 19.8 Å². The predicted octanol–water partition coefficient (Wildman–Crippen LogP) is 5.34. The summed E-state index contributed by atoms with van der Waals surface area (Å²) in [7, 11) is 0. The molecule has 0 radical (unpaired) electrons. The number of halogens is 1. The van der Waals surface area contributed by atoms with Gasteiger partial charge in [0.1, 0.15) is 17.2 Å². The molecule has 2 aromatic carbocycles. The quantitative estimate of drug-likeness (QED) is 0.462. The molecule has 7 heteroatoms. The second kappa shape index (κ2) is 8.13. The van der Waals surface area contributed by atoms with Crippen molar-refractivity contribution in [3.63, 3.8) is 0 Å². The molecule has 0 spiro atoms. The minimum atomic E-state index is -0.296. The summed E-state index contributed by atoms with van der Waals surface area (Å²) in [4.78, 5) is 31.9. The summed E-state index contributed by atoms with van der Waals surface area (Å²) < 4.78 is 1.89. The number of fused-ring (bicyclic) bond motifs is 1. The highest BCUT2D eigenvalue weighted by atomic mass is 35.5. The van der Waals surface area contributed by atoms with Crippen molar-refractivity contribution >= 4 is 40.6 Å². The van der Waals surface area contributed by atoms with Gasteiger partial charge in [0.05, 0.1) is 10.7 Å². The van der Waals surface area contributed by atoms with Crippen LogP contribution < -0.4 is 10.2 Å². The molecule has 3 heterocycles. The summed E-state index contributed by atoms with van der Waals surface area (Å²) in [5.74, 6) is 0.316. The Morgan fingerprint density at radius 2 is 1.91 bits per heavy atom. The highest BCUT2D eigenvalue weighted by Gasteiger charge is 2.25. The van der Waals surface area contributed by atoms with Gasteiger partial charge in [0.2, 0.25) is 5.91 Å². The number of rotatable bonds is 4. The van der Waals surface area contributed by atoms with E-state index in [4.69, 9.17) is 16.6 Å². The van der Waals surface area contributed by atoms with Crippen LogP contribution in [-0.2, 0) is 4.79 Å². The molecule has 1 N–H and O–H groups in total. The van der Waals surface area contributed by atoms with E-state index >= 15 is 0 Å². The van der Waals surface area contributed by atoms with E-state index in [1.807, 2.05) is 60.0 Å². The van der Waals surface area contributed by atoms with Gasteiger partial charge < -0.3 is 10.2 Å². The third-order valence-corrected chi connectivity index (χ3v) is 6.02. The van der Waals surface area contributed by atoms with E-state index in [1.54, 1.807) is 23.1 Å². The van der Waals surface area contributed by atoms with Gasteiger partial charge in [-0.3, -0.25) is 14.0 Å². The zero-order valence-electron chi connectivity index (χ0n) is 17.5. The van der Waals surface area contributed by atoms with Crippen molar-refractivity contribution < 1.29 is 9.59 Å². The zero-order chi connectivity index (χ0) is 22.2. The molecular formula is C25H21ClN4O2.